The Labute approximate surface area is 108 Å². The van der Waals surface area contributed by atoms with Crippen molar-refractivity contribution in [3.63, 3.8) is 0 Å². The molecular formula is C12H15F3N2O2. The number of hydrogen-bond donors (Lipinski definition) is 2. The fourth-order valence-electron chi connectivity index (χ4n) is 1.29. The van der Waals surface area contributed by atoms with Crippen LogP contribution in [0.2, 0.25) is 0 Å². The summed E-state index contributed by atoms with van der Waals surface area (Å²) in [6.45, 7) is -1.03. The number of ether oxygens (including phenoxy) is 2. The molecule has 0 fully saturated rings. The number of alkyl halides is 3. The second-order valence-electron chi connectivity index (χ2n) is 3.81. The van der Waals surface area contributed by atoms with Gasteiger partial charge in [-0.3, -0.25) is 5.41 Å². The molecule has 1 aromatic carbocycles. The van der Waals surface area contributed by atoms with Gasteiger partial charge in [0.15, 0.2) is 0 Å². The molecule has 0 amide bonds. The van der Waals surface area contributed by atoms with E-state index in [9.17, 15) is 13.2 Å². The zero-order chi connectivity index (χ0) is 14.3. The molecule has 106 valence electrons. The number of amidine groups is 1. The molecule has 3 N–H and O–H groups in total. The molecule has 19 heavy (non-hydrogen) atoms. The van der Waals surface area contributed by atoms with Gasteiger partial charge in [0.25, 0.3) is 0 Å². The summed E-state index contributed by atoms with van der Waals surface area (Å²) in [5, 5.41) is 7.25. The van der Waals surface area contributed by atoms with Gasteiger partial charge in [-0.1, -0.05) is 12.1 Å². The molecule has 1 rings (SSSR count). The number of hydrogen-bond acceptors (Lipinski definition) is 3. The molecule has 0 heterocycles. The minimum atomic E-state index is -4.29. The van der Waals surface area contributed by atoms with Crippen LogP contribution in [-0.4, -0.2) is 31.8 Å². The van der Waals surface area contributed by atoms with Crippen molar-refractivity contribution in [3.05, 3.63) is 29.8 Å². The topological polar surface area (TPSA) is 68.3 Å². The predicted octanol–water partition coefficient (Wildman–Crippen LogP) is 2.32. The van der Waals surface area contributed by atoms with Gasteiger partial charge in [-0.25, -0.2) is 0 Å². The van der Waals surface area contributed by atoms with E-state index in [1.165, 1.54) is 0 Å². The number of nitrogens with two attached hydrogens (primary N) is 1. The lowest BCUT2D eigenvalue weighted by atomic mass is 10.2. The molecule has 0 aromatic heterocycles. The first kappa shape index (κ1) is 15.3. The highest BCUT2D eigenvalue weighted by atomic mass is 19.4. The molecule has 0 bridgehead atoms. The van der Waals surface area contributed by atoms with Gasteiger partial charge in [0.1, 0.15) is 18.2 Å². The van der Waals surface area contributed by atoms with E-state index < -0.39 is 12.8 Å². The summed E-state index contributed by atoms with van der Waals surface area (Å²) in [4.78, 5) is 0. The molecule has 0 spiro atoms. The van der Waals surface area contributed by atoms with Gasteiger partial charge in [0.2, 0.25) is 0 Å². The van der Waals surface area contributed by atoms with Crippen molar-refractivity contribution < 1.29 is 22.6 Å². The van der Waals surface area contributed by atoms with Crippen LogP contribution < -0.4 is 10.5 Å². The molecule has 0 unspecified atom stereocenters. The molecule has 0 radical (unpaired) electrons. The Morgan fingerprint density at radius 1 is 1.26 bits per heavy atom. The largest absolute Gasteiger partial charge is 0.493 e. The summed E-state index contributed by atoms with van der Waals surface area (Å²) in [6.07, 6.45) is -3.95. The van der Waals surface area contributed by atoms with Crippen LogP contribution in [0.4, 0.5) is 13.2 Å². The quantitative estimate of drug-likeness (QED) is 0.456. The third-order valence-electron chi connectivity index (χ3n) is 2.11. The number of nitrogen functional groups attached to an aromatic ring is 1. The van der Waals surface area contributed by atoms with Gasteiger partial charge in [-0.2, -0.15) is 13.2 Å². The molecule has 0 aliphatic carbocycles. The van der Waals surface area contributed by atoms with E-state index in [4.69, 9.17) is 15.9 Å². The molecule has 1 aromatic rings. The van der Waals surface area contributed by atoms with Crippen LogP contribution in [0.15, 0.2) is 24.3 Å². The summed E-state index contributed by atoms with van der Waals surface area (Å²) >= 11 is 0. The average Bonchev–Trinajstić information content (AvgIpc) is 2.32. The van der Waals surface area contributed by atoms with Crippen molar-refractivity contribution in [1.82, 2.24) is 0 Å². The lowest BCUT2D eigenvalue weighted by molar-refractivity contribution is -0.174. The van der Waals surface area contributed by atoms with Gasteiger partial charge in [0, 0.05) is 12.0 Å². The molecule has 7 heteroatoms. The van der Waals surface area contributed by atoms with Crippen LogP contribution in [0.3, 0.4) is 0 Å². The normalized spacial score (nSPS) is 11.3. The van der Waals surface area contributed by atoms with Crippen LogP contribution in [-0.2, 0) is 4.74 Å². The Hall–Kier alpha value is -1.76. The van der Waals surface area contributed by atoms with Crippen molar-refractivity contribution in [2.75, 3.05) is 19.8 Å². The Morgan fingerprint density at radius 2 is 2.00 bits per heavy atom. The fourth-order valence-corrected chi connectivity index (χ4v) is 1.29. The molecule has 0 aliphatic rings. The van der Waals surface area contributed by atoms with E-state index in [1.807, 2.05) is 0 Å². The maximum absolute atomic E-state index is 11.8. The number of halogens is 3. The van der Waals surface area contributed by atoms with Crippen molar-refractivity contribution >= 4 is 5.84 Å². The smallest absolute Gasteiger partial charge is 0.411 e. The third-order valence-corrected chi connectivity index (χ3v) is 2.11. The summed E-state index contributed by atoms with van der Waals surface area (Å²) in [5.41, 5.74) is 5.85. The van der Waals surface area contributed by atoms with Crippen molar-refractivity contribution in [2.24, 2.45) is 5.73 Å². The van der Waals surface area contributed by atoms with Crippen LogP contribution in [0, 0.1) is 5.41 Å². The van der Waals surface area contributed by atoms with Crippen LogP contribution in [0.25, 0.3) is 0 Å². The van der Waals surface area contributed by atoms with Crippen molar-refractivity contribution in [3.8, 4) is 5.75 Å². The maximum atomic E-state index is 11.8. The van der Waals surface area contributed by atoms with Crippen molar-refractivity contribution in [1.29, 1.82) is 5.41 Å². The lowest BCUT2D eigenvalue weighted by Crippen LogP contribution is -2.18. The van der Waals surface area contributed by atoms with E-state index in [2.05, 4.69) is 4.74 Å². The number of nitrogens with one attached hydrogen (secondary N) is 1. The standard InChI is InChI=1S/C12H15F3N2O2/c13-12(14,15)8-18-5-2-6-19-10-4-1-3-9(7-10)11(16)17/h1,3-4,7H,2,5-6,8H2,(H3,16,17). The minimum Gasteiger partial charge on any atom is -0.493 e. The summed E-state index contributed by atoms with van der Waals surface area (Å²) < 4.78 is 45.0. The zero-order valence-corrected chi connectivity index (χ0v) is 10.2. The van der Waals surface area contributed by atoms with Gasteiger partial charge < -0.3 is 15.2 Å². The summed E-state index contributed by atoms with van der Waals surface area (Å²) in [5.74, 6) is 0.447. The molecule has 0 atom stereocenters. The highest BCUT2D eigenvalue weighted by Gasteiger charge is 2.27. The Morgan fingerprint density at radius 3 is 2.63 bits per heavy atom. The maximum Gasteiger partial charge on any atom is 0.411 e. The van der Waals surface area contributed by atoms with Gasteiger partial charge in [-0.15, -0.1) is 0 Å². The van der Waals surface area contributed by atoms with E-state index in [1.54, 1.807) is 24.3 Å². The van der Waals surface area contributed by atoms with E-state index in [0.717, 1.165) is 0 Å². The summed E-state index contributed by atoms with van der Waals surface area (Å²) in [6, 6.07) is 6.63. The third kappa shape index (κ3) is 6.66. The zero-order valence-electron chi connectivity index (χ0n) is 10.2. The second-order valence-corrected chi connectivity index (χ2v) is 3.81. The molecule has 0 aliphatic heterocycles. The summed E-state index contributed by atoms with van der Waals surface area (Å²) in [7, 11) is 0. The van der Waals surface area contributed by atoms with Crippen molar-refractivity contribution in [2.45, 2.75) is 12.6 Å². The first-order valence-electron chi connectivity index (χ1n) is 5.60. The monoisotopic (exact) mass is 276 g/mol. The second kappa shape index (κ2) is 6.98. The fraction of sp³-hybridized carbons (Fsp3) is 0.417. The van der Waals surface area contributed by atoms with Crippen LogP contribution in [0.1, 0.15) is 12.0 Å². The molecule has 4 nitrogen and oxygen atoms in total. The first-order chi connectivity index (χ1) is 8.88. The SMILES string of the molecule is N=C(N)c1cccc(OCCCOCC(F)(F)F)c1. The van der Waals surface area contributed by atoms with Crippen LogP contribution >= 0.6 is 0 Å². The molecule has 0 saturated carbocycles. The predicted molar refractivity (Wildman–Crippen MR) is 64.4 cm³/mol. The van der Waals surface area contributed by atoms with E-state index >= 15 is 0 Å². The minimum absolute atomic E-state index is 0.0219. The van der Waals surface area contributed by atoms with E-state index in [-0.39, 0.29) is 19.0 Å². The Kier molecular flexibility index (Phi) is 5.62. The average molecular weight is 276 g/mol. The number of rotatable bonds is 7. The highest BCUT2D eigenvalue weighted by molar-refractivity contribution is 5.95. The highest BCUT2D eigenvalue weighted by Crippen LogP contribution is 2.15. The van der Waals surface area contributed by atoms with Crippen LogP contribution in [0.5, 0.6) is 5.75 Å². The molecule has 0 saturated heterocycles. The molecular weight excluding hydrogens is 261 g/mol. The van der Waals surface area contributed by atoms with E-state index in [0.29, 0.717) is 17.7 Å². The van der Waals surface area contributed by atoms with Gasteiger partial charge in [0.05, 0.1) is 13.2 Å². The number of benzene rings is 1. The first-order valence-corrected chi connectivity index (χ1v) is 5.60. The Balaban J connectivity index is 2.23. The Bertz CT molecular complexity index is 422. The lowest BCUT2D eigenvalue weighted by Gasteiger charge is -2.09. The van der Waals surface area contributed by atoms with Gasteiger partial charge >= 0.3 is 6.18 Å². The van der Waals surface area contributed by atoms with Gasteiger partial charge in [-0.05, 0) is 12.1 Å².